The van der Waals surface area contributed by atoms with Crippen LogP contribution in [0.4, 0.5) is 0 Å². The highest BCUT2D eigenvalue weighted by atomic mass is 15.1. The van der Waals surface area contributed by atoms with Gasteiger partial charge in [-0.05, 0) is 19.3 Å². The number of benzene rings is 1. The molecule has 0 fully saturated rings. The number of aromatic nitrogens is 2. The zero-order chi connectivity index (χ0) is 11.8. The van der Waals surface area contributed by atoms with Crippen molar-refractivity contribution in [3.05, 3.63) is 41.9 Å². The van der Waals surface area contributed by atoms with E-state index >= 15 is 0 Å². The number of rotatable bonds is 1. The first-order valence-corrected chi connectivity index (χ1v) is 6.37. The molecule has 0 aliphatic carbocycles. The maximum atomic E-state index is 4.72. The molecule has 0 radical (unpaired) electrons. The fourth-order valence-corrected chi connectivity index (χ4v) is 2.76. The van der Waals surface area contributed by atoms with Crippen LogP contribution in [0.5, 0.6) is 0 Å². The third-order valence-corrected chi connectivity index (χ3v) is 3.62. The Morgan fingerprint density at radius 1 is 1.24 bits per heavy atom. The van der Waals surface area contributed by atoms with Crippen LogP contribution >= 0.6 is 0 Å². The largest absolute Gasteiger partial charge is 0.328 e. The van der Waals surface area contributed by atoms with Crippen molar-refractivity contribution in [3.8, 4) is 11.3 Å². The molecule has 2 heterocycles. The van der Waals surface area contributed by atoms with Crippen LogP contribution < -0.4 is 0 Å². The molecule has 17 heavy (non-hydrogen) atoms. The van der Waals surface area contributed by atoms with Gasteiger partial charge in [-0.2, -0.15) is 0 Å². The van der Waals surface area contributed by atoms with Gasteiger partial charge in [-0.25, -0.2) is 4.98 Å². The van der Waals surface area contributed by atoms with Gasteiger partial charge in [-0.15, -0.1) is 0 Å². The third kappa shape index (κ3) is 1.78. The second kappa shape index (κ2) is 4.02. The molecule has 0 saturated carbocycles. The van der Waals surface area contributed by atoms with Crippen LogP contribution in [0.1, 0.15) is 24.9 Å². The van der Waals surface area contributed by atoms with Gasteiger partial charge >= 0.3 is 0 Å². The molecule has 0 saturated heterocycles. The van der Waals surface area contributed by atoms with Gasteiger partial charge in [0.15, 0.2) is 0 Å². The van der Waals surface area contributed by atoms with E-state index in [1.54, 1.807) is 0 Å². The van der Waals surface area contributed by atoms with E-state index in [9.17, 15) is 0 Å². The van der Waals surface area contributed by atoms with E-state index < -0.39 is 0 Å². The summed E-state index contributed by atoms with van der Waals surface area (Å²) in [7, 11) is 0. The van der Waals surface area contributed by atoms with Gasteiger partial charge in [0.2, 0.25) is 0 Å². The van der Waals surface area contributed by atoms with E-state index in [1.807, 2.05) is 0 Å². The quantitative estimate of drug-likeness (QED) is 0.728. The minimum Gasteiger partial charge on any atom is -0.328 e. The number of nitrogens with zero attached hydrogens (tertiary/aromatic N) is 2. The molecule has 3 rings (SSSR count). The lowest BCUT2D eigenvalue weighted by molar-refractivity contribution is 0.396. The highest BCUT2D eigenvalue weighted by molar-refractivity contribution is 5.62. The molecule has 0 bridgehead atoms. The second-order valence-corrected chi connectivity index (χ2v) is 5.08. The summed E-state index contributed by atoms with van der Waals surface area (Å²) >= 11 is 0. The van der Waals surface area contributed by atoms with Crippen LogP contribution in [-0.4, -0.2) is 9.55 Å². The highest BCUT2D eigenvalue weighted by Gasteiger charge is 2.21. The van der Waals surface area contributed by atoms with E-state index in [1.165, 1.54) is 29.2 Å². The predicted molar refractivity (Wildman–Crippen MR) is 69.9 cm³/mol. The highest BCUT2D eigenvalue weighted by Crippen LogP contribution is 2.29. The Labute approximate surface area is 102 Å². The normalized spacial score (nSPS) is 19.1. The van der Waals surface area contributed by atoms with Gasteiger partial charge in [-0.1, -0.05) is 37.3 Å². The van der Waals surface area contributed by atoms with E-state index in [4.69, 9.17) is 4.98 Å². The van der Waals surface area contributed by atoms with E-state index in [-0.39, 0.29) is 0 Å². The zero-order valence-corrected chi connectivity index (χ0v) is 10.5. The molecule has 2 nitrogen and oxygen atoms in total. The Balaban J connectivity index is 2.14. The summed E-state index contributed by atoms with van der Waals surface area (Å²) < 4.78 is 2.42. The predicted octanol–water partition coefficient (Wildman–Crippen LogP) is 3.44. The van der Waals surface area contributed by atoms with Crippen LogP contribution in [0.25, 0.3) is 11.3 Å². The van der Waals surface area contributed by atoms with Gasteiger partial charge < -0.3 is 4.57 Å². The van der Waals surface area contributed by atoms with Crippen molar-refractivity contribution in [2.75, 3.05) is 0 Å². The molecule has 2 aromatic rings. The fraction of sp³-hybridized carbons (Fsp3) is 0.400. The standard InChI is InChI=1S/C15H18N2/c1-11-8-9-14-16-12(2)15(17(14)10-11)13-6-4-3-5-7-13/h3-7,11H,8-10H2,1-2H3. The Bertz CT molecular complexity index is 525. The molecule has 1 unspecified atom stereocenters. The minimum absolute atomic E-state index is 0.763. The monoisotopic (exact) mass is 226 g/mol. The smallest absolute Gasteiger partial charge is 0.109 e. The van der Waals surface area contributed by atoms with Crippen molar-refractivity contribution in [1.82, 2.24) is 9.55 Å². The molecule has 88 valence electrons. The number of fused-ring (bicyclic) bond motifs is 1. The van der Waals surface area contributed by atoms with Crippen LogP contribution in [0.15, 0.2) is 30.3 Å². The molecule has 0 N–H and O–H groups in total. The Hall–Kier alpha value is -1.57. The Morgan fingerprint density at radius 3 is 2.76 bits per heavy atom. The summed E-state index contributed by atoms with van der Waals surface area (Å²) in [6.07, 6.45) is 2.39. The van der Waals surface area contributed by atoms with Crippen LogP contribution in [0.3, 0.4) is 0 Å². The maximum Gasteiger partial charge on any atom is 0.109 e. The molecule has 1 atom stereocenters. The maximum absolute atomic E-state index is 4.72. The summed E-state index contributed by atoms with van der Waals surface area (Å²) in [5.41, 5.74) is 3.77. The van der Waals surface area contributed by atoms with Gasteiger partial charge in [0, 0.05) is 18.5 Å². The average molecular weight is 226 g/mol. The summed E-state index contributed by atoms with van der Waals surface area (Å²) in [6.45, 7) is 5.56. The second-order valence-electron chi connectivity index (χ2n) is 5.08. The van der Waals surface area contributed by atoms with Crippen molar-refractivity contribution < 1.29 is 0 Å². The molecule has 0 amide bonds. The van der Waals surface area contributed by atoms with Crippen LogP contribution in [-0.2, 0) is 13.0 Å². The fourth-order valence-electron chi connectivity index (χ4n) is 2.76. The molecular formula is C15H18N2. The summed E-state index contributed by atoms with van der Waals surface area (Å²) in [5.74, 6) is 2.03. The summed E-state index contributed by atoms with van der Waals surface area (Å²) in [5, 5.41) is 0. The average Bonchev–Trinajstić information content (AvgIpc) is 2.65. The lowest BCUT2D eigenvalue weighted by Gasteiger charge is -2.22. The molecule has 0 spiro atoms. The lowest BCUT2D eigenvalue weighted by atomic mass is 10.0. The summed E-state index contributed by atoms with van der Waals surface area (Å²) in [6, 6.07) is 10.6. The van der Waals surface area contributed by atoms with Crippen LogP contribution in [0.2, 0.25) is 0 Å². The first kappa shape index (κ1) is 10.6. The van der Waals surface area contributed by atoms with Crippen molar-refractivity contribution >= 4 is 0 Å². The third-order valence-electron chi connectivity index (χ3n) is 3.62. The summed E-state index contributed by atoms with van der Waals surface area (Å²) in [4.78, 5) is 4.72. The first-order chi connectivity index (χ1) is 8.25. The van der Waals surface area contributed by atoms with Gasteiger partial charge in [0.25, 0.3) is 0 Å². The molecule has 1 aromatic carbocycles. The van der Waals surface area contributed by atoms with E-state index in [0.717, 1.165) is 18.9 Å². The Kier molecular flexibility index (Phi) is 2.50. The van der Waals surface area contributed by atoms with Crippen LogP contribution in [0, 0.1) is 12.8 Å². The first-order valence-electron chi connectivity index (χ1n) is 6.37. The van der Waals surface area contributed by atoms with Gasteiger partial charge in [0.1, 0.15) is 5.82 Å². The minimum atomic E-state index is 0.763. The lowest BCUT2D eigenvalue weighted by Crippen LogP contribution is -2.18. The van der Waals surface area contributed by atoms with Crippen molar-refractivity contribution in [2.24, 2.45) is 5.92 Å². The van der Waals surface area contributed by atoms with Gasteiger partial charge in [-0.3, -0.25) is 0 Å². The molecular weight excluding hydrogens is 208 g/mol. The van der Waals surface area contributed by atoms with Gasteiger partial charge in [0.05, 0.1) is 11.4 Å². The number of hydrogen-bond acceptors (Lipinski definition) is 1. The molecule has 1 aliphatic heterocycles. The number of aryl methyl sites for hydroxylation is 2. The van der Waals surface area contributed by atoms with E-state index in [0.29, 0.717) is 0 Å². The zero-order valence-electron chi connectivity index (χ0n) is 10.5. The SMILES string of the molecule is Cc1nc2n(c1-c1ccccc1)CC(C)CC2. The number of hydrogen-bond donors (Lipinski definition) is 0. The molecule has 1 aliphatic rings. The topological polar surface area (TPSA) is 17.8 Å². The van der Waals surface area contributed by atoms with Crippen molar-refractivity contribution in [1.29, 1.82) is 0 Å². The molecule has 1 aromatic heterocycles. The van der Waals surface area contributed by atoms with Crippen molar-refractivity contribution in [3.63, 3.8) is 0 Å². The Morgan fingerprint density at radius 2 is 2.00 bits per heavy atom. The van der Waals surface area contributed by atoms with Crippen molar-refractivity contribution in [2.45, 2.75) is 33.2 Å². The van der Waals surface area contributed by atoms with E-state index in [2.05, 4.69) is 48.7 Å². The number of imidazole rings is 1. The molecule has 2 heteroatoms.